The quantitative estimate of drug-likeness (QED) is 0.539. The number of esters is 3. The molecule has 24 heavy (non-hydrogen) atoms. The van der Waals surface area contributed by atoms with E-state index in [0.717, 1.165) is 0 Å². The van der Waals surface area contributed by atoms with Crippen LogP contribution in [0.25, 0.3) is 0 Å². The molecule has 10 heteroatoms. The molecule has 4 unspecified atom stereocenters. The summed E-state index contributed by atoms with van der Waals surface area (Å²) in [6.45, 7) is 3.71. The molecule has 2 saturated heterocycles. The van der Waals surface area contributed by atoms with Gasteiger partial charge in [0, 0.05) is 27.8 Å². The number of carbonyl (C=O) groups excluding carboxylic acids is 3. The molecule has 134 valence electrons. The number of ether oxygens (including phenoxy) is 4. The minimum Gasteiger partial charge on any atom is -0.463 e. The number of hydrogen-bond acceptors (Lipinski definition) is 9. The fraction of sp³-hybridized carbons (Fsp3) is 0.714. The van der Waals surface area contributed by atoms with Crippen molar-refractivity contribution in [2.45, 2.75) is 44.0 Å². The second-order valence-corrected chi connectivity index (χ2v) is 6.49. The van der Waals surface area contributed by atoms with Crippen LogP contribution >= 0.6 is 11.8 Å². The maximum absolute atomic E-state index is 11.6. The normalized spacial score (nSPS) is 33.3. The number of amidine groups is 1. The van der Waals surface area contributed by atoms with Crippen molar-refractivity contribution in [3.05, 3.63) is 0 Å². The van der Waals surface area contributed by atoms with Gasteiger partial charge >= 0.3 is 17.9 Å². The Morgan fingerprint density at radius 3 is 2.46 bits per heavy atom. The molecule has 2 rings (SSSR count). The second kappa shape index (κ2) is 7.39. The van der Waals surface area contributed by atoms with Gasteiger partial charge in [-0.2, -0.15) is 0 Å². The van der Waals surface area contributed by atoms with Gasteiger partial charge in [-0.05, 0) is 0 Å². The first-order chi connectivity index (χ1) is 11.3. The van der Waals surface area contributed by atoms with Crippen molar-refractivity contribution < 1.29 is 33.3 Å². The smallest absolute Gasteiger partial charge is 0.303 e. The number of rotatable bonds is 4. The first kappa shape index (κ1) is 18.5. The van der Waals surface area contributed by atoms with Crippen LogP contribution < -0.4 is 5.32 Å². The van der Waals surface area contributed by atoms with Gasteiger partial charge in [0.15, 0.2) is 22.9 Å². The van der Waals surface area contributed by atoms with Crippen molar-refractivity contribution in [3.63, 3.8) is 0 Å². The molecule has 0 radical (unpaired) electrons. The van der Waals surface area contributed by atoms with Crippen molar-refractivity contribution >= 4 is 34.8 Å². The highest BCUT2D eigenvalue weighted by molar-refractivity contribution is 8.14. The predicted octanol–water partition coefficient (Wildman–Crippen LogP) is -0.170. The molecule has 0 aliphatic carbocycles. The Hall–Kier alpha value is -1.81. The Kier molecular flexibility index (Phi) is 5.70. The molecule has 0 saturated carbocycles. The van der Waals surface area contributed by atoms with Gasteiger partial charge in [0.1, 0.15) is 12.0 Å². The molecule has 0 aromatic carbocycles. The minimum atomic E-state index is -1.10. The third-order valence-electron chi connectivity index (χ3n) is 3.56. The minimum absolute atomic E-state index is 0.0513. The lowest BCUT2D eigenvalue weighted by Crippen LogP contribution is -2.70. The van der Waals surface area contributed by atoms with E-state index >= 15 is 0 Å². The molecule has 0 amide bonds. The maximum atomic E-state index is 11.6. The summed E-state index contributed by atoms with van der Waals surface area (Å²) < 4.78 is 21.6. The largest absolute Gasteiger partial charge is 0.463 e. The van der Waals surface area contributed by atoms with Crippen LogP contribution in [0.2, 0.25) is 0 Å². The summed E-state index contributed by atoms with van der Waals surface area (Å²) in [5.74, 6) is -1.57. The molecule has 2 fully saturated rings. The van der Waals surface area contributed by atoms with E-state index in [1.807, 2.05) is 0 Å². The van der Waals surface area contributed by atoms with Gasteiger partial charge in [0.05, 0.1) is 6.61 Å². The predicted molar refractivity (Wildman–Crippen MR) is 84.3 cm³/mol. The van der Waals surface area contributed by atoms with E-state index in [0.29, 0.717) is 5.17 Å². The van der Waals surface area contributed by atoms with Crippen LogP contribution in [-0.4, -0.2) is 66.5 Å². The summed E-state index contributed by atoms with van der Waals surface area (Å²) in [6.07, 6.45) is -1.73. The molecular formula is C14H20N2O7S. The SMILES string of the molecule is CN=C1NC2(COC(C)=O)C(OCC(OC(C)=O)C2OC(C)=O)S1. The van der Waals surface area contributed by atoms with Crippen molar-refractivity contribution in [1.29, 1.82) is 0 Å². The zero-order chi connectivity index (χ0) is 17.9. The average molecular weight is 360 g/mol. The van der Waals surface area contributed by atoms with Gasteiger partial charge in [-0.15, -0.1) is 0 Å². The highest BCUT2D eigenvalue weighted by Crippen LogP contribution is 2.42. The summed E-state index contributed by atoms with van der Waals surface area (Å²) in [6, 6.07) is 0. The van der Waals surface area contributed by atoms with E-state index in [1.165, 1.54) is 32.5 Å². The molecule has 2 aliphatic heterocycles. The van der Waals surface area contributed by atoms with E-state index < -0.39 is 41.1 Å². The highest BCUT2D eigenvalue weighted by atomic mass is 32.2. The Morgan fingerprint density at radius 2 is 1.92 bits per heavy atom. The Morgan fingerprint density at radius 1 is 1.25 bits per heavy atom. The van der Waals surface area contributed by atoms with E-state index in [9.17, 15) is 14.4 Å². The Bertz CT molecular complexity index is 567. The topological polar surface area (TPSA) is 113 Å². The van der Waals surface area contributed by atoms with Crippen molar-refractivity contribution in [3.8, 4) is 0 Å². The third kappa shape index (κ3) is 3.81. The number of carbonyl (C=O) groups is 3. The zero-order valence-corrected chi connectivity index (χ0v) is 14.7. The van der Waals surface area contributed by atoms with Gasteiger partial charge in [0.2, 0.25) is 0 Å². The van der Waals surface area contributed by atoms with E-state index in [-0.39, 0.29) is 13.2 Å². The molecular weight excluding hydrogens is 340 g/mol. The number of fused-ring (bicyclic) bond motifs is 1. The first-order valence-corrected chi connectivity index (χ1v) is 8.17. The standard InChI is InChI=1S/C14H20N2O7S/c1-7(17)21-6-14-11(23-9(3)19)10(22-8(2)18)5-20-12(14)24-13(15-4)16-14/h10-12H,5-6H2,1-4H3,(H,15,16). The lowest BCUT2D eigenvalue weighted by Gasteiger charge is -2.45. The van der Waals surface area contributed by atoms with Crippen LogP contribution in [0.5, 0.6) is 0 Å². The molecule has 9 nitrogen and oxygen atoms in total. The summed E-state index contributed by atoms with van der Waals surface area (Å²) in [5.41, 5.74) is -1.62. The average Bonchev–Trinajstić information content (AvgIpc) is 2.86. The van der Waals surface area contributed by atoms with Gasteiger partial charge in [-0.1, -0.05) is 11.8 Å². The van der Waals surface area contributed by atoms with Crippen LogP contribution in [0.15, 0.2) is 4.99 Å². The first-order valence-electron chi connectivity index (χ1n) is 7.29. The van der Waals surface area contributed by atoms with E-state index in [2.05, 4.69) is 10.3 Å². The second-order valence-electron chi connectivity index (χ2n) is 5.44. The maximum Gasteiger partial charge on any atom is 0.303 e. The summed E-state index contributed by atoms with van der Waals surface area (Å²) in [5, 5.41) is 3.66. The summed E-state index contributed by atoms with van der Waals surface area (Å²) >= 11 is 1.29. The molecule has 1 N–H and O–H groups in total. The zero-order valence-electron chi connectivity index (χ0n) is 13.9. The van der Waals surface area contributed by atoms with Gasteiger partial charge < -0.3 is 24.3 Å². The van der Waals surface area contributed by atoms with Gasteiger partial charge in [-0.25, -0.2) is 0 Å². The summed E-state index contributed by atoms with van der Waals surface area (Å²) in [7, 11) is 1.59. The van der Waals surface area contributed by atoms with Crippen LogP contribution in [0, 0.1) is 0 Å². The van der Waals surface area contributed by atoms with Crippen molar-refractivity contribution in [2.24, 2.45) is 4.99 Å². The van der Waals surface area contributed by atoms with Crippen LogP contribution in [0.3, 0.4) is 0 Å². The fourth-order valence-electron chi connectivity index (χ4n) is 2.67. The van der Waals surface area contributed by atoms with Gasteiger partial charge in [0.25, 0.3) is 0 Å². The number of nitrogens with zero attached hydrogens (tertiary/aromatic N) is 1. The Labute approximate surface area is 143 Å². The molecule has 0 aromatic rings. The molecule has 0 spiro atoms. The fourth-order valence-corrected chi connectivity index (χ4v) is 3.84. The number of hydrogen-bond donors (Lipinski definition) is 1. The van der Waals surface area contributed by atoms with E-state index in [1.54, 1.807) is 7.05 Å². The Balaban J connectivity index is 2.39. The molecule has 2 aliphatic rings. The van der Waals surface area contributed by atoms with Gasteiger partial charge in [-0.3, -0.25) is 19.4 Å². The summed E-state index contributed by atoms with van der Waals surface area (Å²) in [4.78, 5) is 38.3. The van der Waals surface area contributed by atoms with Crippen LogP contribution in [-0.2, 0) is 33.3 Å². The third-order valence-corrected chi connectivity index (χ3v) is 4.84. The lowest BCUT2D eigenvalue weighted by atomic mass is 9.87. The molecule has 0 bridgehead atoms. The lowest BCUT2D eigenvalue weighted by molar-refractivity contribution is -0.205. The molecule has 2 heterocycles. The monoisotopic (exact) mass is 360 g/mol. The highest BCUT2D eigenvalue weighted by Gasteiger charge is 2.61. The van der Waals surface area contributed by atoms with E-state index in [4.69, 9.17) is 18.9 Å². The number of aliphatic imine (C=N–C) groups is 1. The molecule has 0 aromatic heterocycles. The van der Waals surface area contributed by atoms with Crippen molar-refractivity contribution in [2.75, 3.05) is 20.3 Å². The molecule has 4 atom stereocenters. The number of nitrogens with one attached hydrogen (secondary N) is 1. The van der Waals surface area contributed by atoms with Crippen LogP contribution in [0.1, 0.15) is 20.8 Å². The van der Waals surface area contributed by atoms with Crippen LogP contribution in [0.4, 0.5) is 0 Å². The number of thioether (sulfide) groups is 1. The van der Waals surface area contributed by atoms with Crippen molar-refractivity contribution in [1.82, 2.24) is 5.32 Å².